The summed E-state index contributed by atoms with van der Waals surface area (Å²) in [6, 6.07) is 13.1. The van der Waals surface area contributed by atoms with Gasteiger partial charge in [0.15, 0.2) is 5.11 Å². The van der Waals surface area contributed by atoms with Gasteiger partial charge in [-0.25, -0.2) is 0 Å². The van der Waals surface area contributed by atoms with Crippen LogP contribution in [0.15, 0.2) is 41.8 Å². The number of hydrogen-bond acceptors (Lipinski definition) is 3. The third-order valence-corrected chi connectivity index (χ3v) is 5.44. The van der Waals surface area contributed by atoms with Gasteiger partial charge in [-0.3, -0.25) is 4.90 Å². The first-order chi connectivity index (χ1) is 11.2. The number of aryl methyl sites for hydroxylation is 1. The van der Waals surface area contributed by atoms with E-state index in [2.05, 4.69) is 64.2 Å². The minimum absolute atomic E-state index is 0.412. The predicted octanol–water partition coefficient (Wildman–Crippen LogP) is 4.18. The molecule has 0 amide bonds. The summed E-state index contributed by atoms with van der Waals surface area (Å²) in [5, 5.41) is 9.51. The number of thiocarbonyl (C=S) groups is 1. The van der Waals surface area contributed by atoms with Crippen molar-refractivity contribution in [3.63, 3.8) is 0 Å². The maximum Gasteiger partial charge on any atom is 0.170 e. The Morgan fingerprint density at radius 2 is 1.96 bits per heavy atom. The van der Waals surface area contributed by atoms with Crippen LogP contribution in [-0.4, -0.2) is 29.6 Å². The summed E-state index contributed by atoms with van der Waals surface area (Å²) in [6.07, 6.45) is 2.60. The summed E-state index contributed by atoms with van der Waals surface area (Å²) in [5.74, 6) is 0. The van der Waals surface area contributed by atoms with Gasteiger partial charge >= 0.3 is 0 Å². The normalized spacial score (nSPS) is 16.2. The lowest BCUT2D eigenvalue weighted by molar-refractivity contribution is 0.249. The highest BCUT2D eigenvalue weighted by molar-refractivity contribution is 7.80. The second-order valence-electron chi connectivity index (χ2n) is 5.98. The monoisotopic (exact) mass is 345 g/mol. The van der Waals surface area contributed by atoms with Crippen molar-refractivity contribution < 1.29 is 0 Å². The van der Waals surface area contributed by atoms with E-state index < -0.39 is 0 Å². The Hall–Kier alpha value is -1.43. The van der Waals surface area contributed by atoms with Gasteiger partial charge < -0.3 is 10.6 Å². The molecule has 2 N–H and O–H groups in total. The van der Waals surface area contributed by atoms with Crippen molar-refractivity contribution in [3.05, 3.63) is 52.2 Å². The van der Waals surface area contributed by atoms with Crippen LogP contribution in [0.2, 0.25) is 0 Å². The first kappa shape index (κ1) is 16.4. The molecule has 0 radical (unpaired) electrons. The number of likely N-dealkylation sites (tertiary alicyclic amines) is 1. The van der Waals surface area contributed by atoms with Crippen molar-refractivity contribution >= 4 is 34.4 Å². The van der Waals surface area contributed by atoms with Crippen molar-refractivity contribution in [3.8, 4) is 0 Å². The molecule has 5 heteroatoms. The fourth-order valence-electron chi connectivity index (χ4n) is 2.95. The first-order valence-corrected chi connectivity index (χ1v) is 9.40. The molecule has 2 heterocycles. The fourth-order valence-corrected chi connectivity index (χ4v) is 4.01. The molecule has 2 aromatic rings. The van der Waals surface area contributed by atoms with E-state index in [1.807, 2.05) is 11.3 Å². The smallest absolute Gasteiger partial charge is 0.170 e. The van der Waals surface area contributed by atoms with Gasteiger partial charge in [0, 0.05) is 17.1 Å². The summed E-state index contributed by atoms with van der Waals surface area (Å²) in [6.45, 7) is 5.30. The van der Waals surface area contributed by atoms with Crippen LogP contribution in [0.25, 0.3) is 0 Å². The van der Waals surface area contributed by atoms with Crippen molar-refractivity contribution in [2.75, 3.05) is 25.0 Å². The van der Waals surface area contributed by atoms with E-state index in [1.165, 1.54) is 36.4 Å². The van der Waals surface area contributed by atoms with Crippen LogP contribution in [-0.2, 0) is 0 Å². The summed E-state index contributed by atoms with van der Waals surface area (Å²) in [5.41, 5.74) is 2.28. The van der Waals surface area contributed by atoms with E-state index in [0.29, 0.717) is 11.2 Å². The van der Waals surface area contributed by atoms with Gasteiger partial charge in [0.05, 0.1) is 6.04 Å². The minimum atomic E-state index is 0.412. The SMILES string of the molecule is Cc1ccc(NC(=S)NC[C@@H](c2cccs2)N2CCCC2)cc1. The molecule has 122 valence electrons. The number of benzene rings is 1. The zero-order valence-corrected chi connectivity index (χ0v) is 15.1. The van der Waals surface area contributed by atoms with Crippen molar-refractivity contribution in [2.24, 2.45) is 0 Å². The zero-order valence-electron chi connectivity index (χ0n) is 13.4. The summed E-state index contributed by atoms with van der Waals surface area (Å²) >= 11 is 7.28. The molecule has 0 unspecified atom stereocenters. The van der Waals surface area contributed by atoms with Gasteiger partial charge in [-0.15, -0.1) is 11.3 Å². The second kappa shape index (κ2) is 7.90. The lowest BCUT2D eigenvalue weighted by Gasteiger charge is -2.27. The zero-order chi connectivity index (χ0) is 16.1. The third kappa shape index (κ3) is 4.53. The van der Waals surface area contributed by atoms with Gasteiger partial charge in [-0.2, -0.15) is 0 Å². The number of rotatable bonds is 5. The Kier molecular flexibility index (Phi) is 5.65. The number of hydrogen-bond donors (Lipinski definition) is 2. The largest absolute Gasteiger partial charge is 0.360 e. The Labute approximate surface area is 147 Å². The van der Waals surface area contributed by atoms with Crippen LogP contribution in [0.1, 0.15) is 29.3 Å². The van der Waals surface area contributed by atoms with Crippen molar-refractivity contribution in [2.45, 2.75) is 25.8 Å². The van der Waals surface area contributed by atoms with E-state index in [4.69, 9.17) is 12.2 Å². The van der Waals surface area contributed by atoms with E-state index in [-0.39, 0.29) is 0 Å². The summed E-state index contributed by atoms with van der Waals surface area (Å²) < 4.78 is 0. The standard InChI is InChI=1S/C18H23N3S2/c1-14-6-8-15(9-7-14)20-18(22)19-13-16(17-5-4-12-23-17)21-10-2-3-11-21/h4-9,12,16H,2-3,10-11,13H2,1H3,(H2,19,20,22)/t16-/m0/s1. The third-order valence-electron chi connectivity index (χ3n) is 4.22. The van der Waals surface area contributed by atoms with Gasteiger partial charge in [-0.1, -0.05) is 23.8 Å². The van der Waals surface area contributed by atoms with Gasteiger partial charge in [0.1, 0.15) is 0 Å². The average molecular weight is 346 g/mol. The molecule has 0 bridgehead atoms. The maximum absolute atomic E-state index is 5.45. The van der Waals surface area contributed by atoms with Gasteiger partial charge in [0.2, 0.25) is 0 Å². The highest BCUT2D eigenvalue weighted by Gasteiger charge is 2.24. The number of anilines is 1. The highest BCUT2D eigenvalue weighted by atomic mass is 32.1. The minimum Gasteiger partial charge on any atom is -0.360 e. The van der Waals surface area contributed by atoms with Crippen LogP contribution in [0, 0.1) is 6.92 Å². The molecule has 3 rings (SSSR count). The van der Waals surface area contributed by atoms with Gasteiger partial charge in [-0.05, 0) is 68.7 Å². The summed E-state index contributed by atoms with van der Waals surface area (Å²) in [7, 11) is 0. The van der Waals surface area contributed by atoms with E-state index in [9.17, 15) is 0 Å². The topological polar surface area (TPSA) is 27.3 Å². The Morgan fingerprint density at radius 1 is 1.22 bits per heavy atom. The molecule has 1 saturated heterocycles. The fraction of sp³-hybridized carbons (Fsp3) is 0.389. The van der Waals surface area contributed by atoms with E-state index in [0.717, 1.165) is 12.2 Å². The van der Waals surface area contributed by atoms with Crippen LogP contribution >= 0.6 is 23.6 Å². The Bertz CT molecular complexity index is 616. The number of thiophene rings is 1. The molecule has 0 spiro atoms. The first-order valence-electron chi connectivity index (χ1n) is 8.11. The molecule has 0 saturated carbocycles. The second-order valence-corrected chi connectivity index (χ2v) is 7.36. The number of nitrogens with zero attached hydrogens (tertiary/aromatic N) is 1. The molecule has 23 heavy (non-hydrogen) atoms. The molecule has 1 atom stereocenters. The van der Waals surface area contributed by atoms with E-state index in [1.54, 1.807) is 0 Å². The van der Waals surface area contributed by atoms with E-state index >= 15 is 0 Å². The quantitative estimate of drug-likeness (QED) is 0.795. The predicted molar refractivity (Wildman–Crippen MR) is 103 cm³/mol. The molecular formula is C18H23N3S2. The Balaban J connectivity index is 1.57. The summed E-state index contributed by atoms with van der Waals surface area (Å²) in [4.78, 5) is 3.98. The molecule has 1 fully saturated rings. The molecular weight excluding hydrogens is 322 g/mol. The van der Waals surface area contributed by atoms with Crippen LogP contribution in [0.5, 0.6) is 0 Å². The molecule has 1 aliphatic rings. The average Bonchev–Trinajstić information content (AvgIpc) is 3.24. The van der Waals surface area contributed by atoms with Crippen LogP contribution in [0.4, 0.5) is 5.69 Å². The van der Waals surface area contributed by atoms with Crippen LogP contribution < -0.4 is 10.6 Å². The Morgan fingerprint density at radius 3 is 2.61 bits per heavy atom. The number of nitrogens with one attached hydrogen (secondary N) is 2. The molecule has 1 aliphatic heterocycles. The van der Waals surface area contributed by atoms with Gasteiger partial charge in [0.25, 0.3) is 0 Å². The van der Waals surface area contributed by atoms with Crippen LogP contribution in [0.3, 0.4) is 0 Å². The molecule has 1 aromatic heterocycles. The molecule has 0 aliphatic carbocycles. The molecule has 3 nitrogen and oxygen atoms in total. The van der Waals surface area contributed by atoms with Crippen molar-refractivity contribution in [1.82, 2.24) is 10.2 Å². The lowest BCUT2D eigenvalue weighted by atomic mass is 10.2. The molecule has 1 aromatic carbocycles. The lowest BCUT2D eigenvalue weighted by Crippen LogP contribution is -2.38. The van der Waals surface area contributed by atoms with Crippen molar-refractivity contribution in [1.29, 1.82) is 0 Å². The maximum atomic E-state index is 5.45. The highest BCUT2D eigenvalue weighted by Crippen LogP contribution is 2.27.